The molecule has 0 spiro atoms. The molecule has 0 fully saturated rings. The molecule has 8 nitrogen and oxygen atoms in total. The molecule has 2 aromatic carbocycles. The van der Waals surface area contributed by atoms with E-state index in [2.05, 4.69) is 20.3 Å². The molecule has 0 aliphatic rings. The number of rotatable bonds is 5. The smallest absolute Gasteiger partial charge is 0.263 e. The lowest BCUT2D eigenvalue weighted by Crippen LogP contribution is -2.28. The van der Waals surface area contributed by atoms with Gasteiger partial charge in [-0.3, -0.25) is 14.2 Å². The second-order valence-corrected chi connectivity index (χ2v) is 10.7. The van der Waals surface area contributed by atoms with E-state index in [9.17, 15) is 14.7 Å². The molecule has 0 bridgehead atoms. The quantitative estimate of drug-likeness (QED) is 0.276. The van der Waals surface area contributed by atoms with Crippen LogP contribution in [-0.4, -0.2) is 24.6 Å². The number of halogens is 1. The molecule has 38 heavy (non-hydrogen) atoms. The van der Waals surface area contributed by atoms with Crippen molar-refractivity contribution in [2.24, 2.45) is 5.41 Å². The van der Waals surface area contributed by atoms with Gasteiger partial charge in [-0.25, -0.2) is 9.97 Å². The number of H-pyrrole nitrogens is 1. The molecule has 194 valence electrons. The second-order valence-electron chi connectivity index (χ2n) is 10.4. The van der Waals surface area contributed by atoms with E-state index in [0.717, 1.165) is 0 Å². The number of nitrogens with one attached hydrogen (secondary N) is 2. The molecule has 0 aliphatic heterocycles. The minimum absolute atomic E-state index is 0.236. The number of hydrogen-bond acceptors (Lipinski definition) is 6. The number of anilines is 1. The predicted octanol–water partition coefficient (Wildman–Crippen LogP) is 5.53. The molecule has 1 unspecified atom stereocenters. The first kappa shape index (κ1) is 25.6. The van der Waals surface area contributed by atoms with Crippen molar-refractivity contribution in [2.45, 2.75) is 39.8 Å². The first-order valence-electron chi connectivity index (χ1n) is 12.3. The zero-order chi connectivity index (χ0) is 27.2. The van der Waals surface area contributed by atoms with Crippen molar-refractivity contribution in [3.63, 3.8) is 0 Å². The second kappa shape index (κ2) is 9.70. The molecule has 9 heteroatoms. The highest BCUT2D eigenvalue weighted by atomic mass is 35.5. The summed E-state index contributed by atoms with van der Waals surface area (Å²) >= 11 is 7.09. The van der Waals surface area contributed by atoms with Crippen molar-refractivity contribution in [2.75, 3.05) is 5.32 Å². The summed E-state index contributed by atoms with van der Waals surface area (Å²) < 4.78 is 1.56. The lowest BCUT2D eigenvalue weighted by atomic mass is 9.83. The number of nitrogens with zero attached hydrogens (tertiary/aromatic N) is 3. The molecule has 0 saturated heterocycles. The Balaban J connectivity index is 1.79. The van der Waals surface area contributed by atoms with Crippen molar-refractivity contribution < 1.29 is 5.11 Å². The molecular formula is C29H28ClN5O3. The van der Waals surface area contributed by atoms with Gasteiger partial charge in [0, 0.05) is 23.3 Å². The van der Waals surface area contributed by atoms with Gasteiger partial charge in [-0.15, -0.1) is 0 Å². The van der Waals surface area contributed by atoms with Gasteiger partial charge < -0.3 is 15.4 Å². The molecule has 3 aromatic heterocycles. The number of pyridine rings is 2. The maximum Gasteiger partial charge on any atom is 0.263 e. The van der Waals surface area contributed by atoms with Gasteiger partial charge >= 0.3 is 0 Å². The van der Waals surface area contributed by atoms with E-state index >= 15 is 0 Å². The number of aliphatic hydroxyl groups is 1. The maximum atomic E-state index is 14.3. The number of hydrogen-bond donors (Lipinski definition) is 3. The summed E-state index contributed by atoms with van der Waals surface area (Å²) in [4.78, 5) is 38.3. The van der Waals surface area contributed by atoms with E-state index in [0.29, 0.717) is 49.6 Å². The molecule has 2 atom stereocenters. The third-order valence-corrected chi connectivity index (χ3v) is 7.05. The topological polar surface area (TPSA) is 113 Å². The van der Waals surface area contributed by atoms with Crippen LogP contribution in [0.3, 0.4) is 0 Å². The standard InChI is InChI=1S/C29H28ClN5O3/c1-16(34-27-22-20(36)13-14-31-26(22)32-15-33-27)24-23(30)18-11-8-12-19(25(37)29(2,3)4)21(18)28(38)35(24)17-9-6-5-7-10-17/h5-16,25,37H,1-4H3,(H2,31,32,33,34,36)/t16-,25?/m0/s1. The fourth-order valence-corrected chi connectivity index (χ4v) is 5.16. The van der Waals surface area contributed by atoms with Crippen molar-refractivity contribution in [3.05, 3.63) is 104 Å². The predicted molar refractivity (Wildman–Crippen MR) is 151 cm³/mol. The van der Waals surface area contributed by atoms with Gasteiger partial charge in [-0.2, -0.15) is 0 Å². The van der Waals surface area contributed by atoms with Crippen LogP contribution in [0.5, 0.6) is 0 Å². The van der Waals surface area contributed by atoms with Gasteiger partial charge in [-0.1, -0.05) is 68.8 Å². The minimum atomic E-state index is -0.889. The largest absolute Gasteiger partial charge is 0.388 e. The Hall–Kier alpha value is -4.01. The minimum Gasteiger partial charge on any atom is -0.388 e. The van der Waals surface area contributed by atoms with E-state index in [1.165, 1.54) is 18.6 Å². The molecule has 0 radical (unpaired) electrons. The van der Waals surface area contributed by atoms with Crippen LogP contribution >= 0.6 is 11.6 Å². The molecule has 0 saturated carbocycles. The average Bonchev–Trinajstić information content (AvgIpc) is 2.89. The highest BCUT2D eigenvalue weighted by Crippen LogP contribution is 2.39. The molecule has 3 heterocycles. The number of benzene rings is 2. The van der Waals surface area contributed by atoms with Gasteiger partial charge in [0.15, 0.2) is 5.43 Å². The summed E-state index contributed by atoms with van der Waals surface area (Å²) in [6, 6.07) is 15.4. The highest BCUT2D eigenvalue weighted by molar-refractivity contribution is 6.36. The number of aromatic nitrogens is 4. The molecule has 5 aromatic rings. The van der Waals surface area contributed by atoms with E-state index in [4.69, 9.17) is 11.6 Å². The fraction of sp³-hybridized carbons (Fsp3) is 0.241. The van der Waals surface area contributed by atoms with E-state index in [-0.39, 0.29) is 11.0 Å². The van der Waals surface area contributed by atoms with Gasteiger partial charge in [0.1, 0.15) is 23.2 Å². The van der Waals surface area contributed by atoms with Crippen LogP contribution in [0.25, 0.3) is 27.5 Å². The van der Waals surface area contributed by atoms with Crippen LogP contribution in [-0.2, 0) is 0 Å². The van der Waals surface area contributed by atoms with Crippen LogP contribution in [0.1, 0.15) is 51.1 Å². The lowest BCUT2D eigenvalue weighted by molar-refractivity contribution is 0.0639. The van der Waals surface area contributed by atoms with Gasteiger partial charge in [0.05, 0.1) is 28.2 Å². The van der Waals surface area contributed by atoms with E-state index in [1.807, 2.05) is 58.0 Å². The number of aromatic amines is 1. The third-order valence-electron chi connectivity index (χ3n) is 6.66. The Morgan fingerprint density at radius 2 is 1.74 bits per heavy atom. The Kier molecular flexibility index (Phi) is 6.54. The summed E-state index contributed by atoms with van der Waals surface area (Å²) in [6.45, 7) is 7.61. The van der Waals surface area contributed by atoms with Crippen molar-refractivity contribution in [1.82, 2.24) is 19.5 Å². The third kappa shape index (κ3) is 4.36. The normalized spacial score (nSPS) is 13.5. The zero-order valence-electron chi connectivity index (χ0n) is 21.5. The first-order chi connectivity index (χ1) is 18.1. The first-order valence-corrected chi connectivity index (χ1v) is 12.7. The number of fused-ring (bicyclic) bond motifs is 2. The SMILES string of the molecule is C[C@H](Nc1ncnc2[nH]ccc(=O)c12)c1c(Cl)c2cccc(C(O)C(C)(C)C)c2c(=O)n1-c1ccccc1. The van der Waals surface area contributed by atoms with Crippen molar-refractivity contribution in [3.8, 4) is 5.69 Å². The monoisotopic (exact) mass is 529 g/mol. The summed E-state index contributed by atoms with van der Waals surface area (Å²) in [5.41, 5.74) is 0.996. The number of aliphatic hydroxyl groups excluding tert-OH is 1. The van der Waals surface area contributed by atoms with E-state index in [1.54, 1.807) is 22.8 Å². The summed E-state index contributed by atoms with van der Waals surface area (Å²) in [7, 11) is 0. The van der Waals surface area contributed by atoms with Crippen LogP contribution in [0.15, 0.2) is 76.7 Å². The lowest BCUT2D eigenvalue weighted by Gasteiger charge is -2.28. The Bertz CT molecular complexity index is 1770. The van der Waals surface area contributed by atoms with Crippen LogP contribution in [0, 0.1) is 5.41 Å². The van der Waals surface area contributed by atoms with Gasteiger partial charge in [-0.05, 0) is 30.0 Å². The summed E-state index contributed by atoms with van der Waals surface area (Å²) in [6.07, 6.45) is 2.00. The fourth-order valence-electron chi connectivity index (χ4n) is 4.75. The maximum absolute atomic E-state index is 14.3. The average molecular weight is 530 g/mol. The van der Waals surface area contributed by atoms with Crippen molar-refractivity contribution in [1.29, 1.82) is 0 Å². The Morgan fingerprint density at radius 3 is 2.45 bits per heavy atom. The Labute approximate surface area is 224 Å². The van der Waals surface area contributed by atoms with Gasteiger partial charge in [0.2, 0.25) is 0 Å². The highest BCUT2D eigenvalue weighted by Gasteiger charge is 2.29. The van der Waals surface area contributed by atoms with Crippen LogP contribution < -0.4 is 16.3 Å². The number of para-hydroxylation sites is 1. The summed E-state index contributed by atoms with van der Waals surface area (Å²) in [5, 5.41) is 16.0. The van der Waals surface area contributed by atoms with Crippen molar-refractivity contribution >= 4 is 39.2 Å². The molecular weight excluding hydrogens is 502 g/mol. The molecule has 0 aliphatic carbocycles. The summed E-state index contributed by atoms with van der Waals surface area (Å²) in [5.74, 6) is 0.324. The van der Waals surface area contributed by atoms with E-state index < -0.39 is 17.6 Å². The van der Waals surface area contributed by atoms with Crippen LogP contribution in [0.4, 0.5) is 5.82 Å². The molecule has 5 rings (SSSR count). The molecule has 0 amide bonds. The zero-order valence-corrected chi connectivity index (χ0v) is 22.2. The van der Waals surface area contributed by atoms with Crippen LogP contribution in [0.2, 0.25) is 5.02 Å². The Morgan fingerprint density at radius 1 is 1.00 bits per heavy atom. The molecule has 3 N–H and O–H groups in total. The van der Waals surface area contributed by atoms with Gasteiger partial charge in [0.25, 0.3) is 5.56 Å².